The first-order valence-corrected chi connectivity index (χ1v) is 14.2. The standard InChI is InChI=1S/2C17H10P.2ClH.Fe.Ni/c2*1-3-9-15(10-4-1)18(17-13-7-8-14-17)16-11-5-2-6-12-16;;;;/h2*1-6,9-12H;2*1H;;/q2*-1;;;2*+2/p-2. The van der Waals surface area contributed by atoms with E-state index in [0.717, 1.165) is 10.6 Å². The van der Waals surface area contributed by atoms with Crippen molar-refractivity contribution in [3.63, 3.8) is 0 Å². The molecule has 0 unspecified atom stereocenters. The van der Waals surface area contributed by atoms with E-state index in [9.17, 15) is 0 Å². The van der Waals surface area contributed by atoms with Gasteiger partial charge in [0, 0.05) is 0 Å². The first-order valence-electron chi connectivity index (χ1n) is 11.5. The van der Waals surface area contributed by atoms with E-state index >= 15 is 0 Å². The van der Waals surface area contributed by atoms with E-state index in [-0.39, 0.29) is 58.4 Å². The summed E-state index contributed by atoms with van der Waals surface area (Å²) in [5, 5.41) is 7.33. The van der Waals surface area contributed by atoms with Crippen LogP contribution in [-0.2, 0) is 33.6 Å². The smallest absolute Gasteiger partial charge is 1.00 e. The van der Waals surface area contributed by atoms with E-state index in [4.69, 9.17) is 0 Å². The summed E-state index contributed by atoms with van der Waals surface area (Å²) in [5.41, 5.74) is 17.7. The molecule has 0 amide bonds. The summed E-state index contributed by atoms with van der Waals surface area (Å²) in [7, 11) is -1.17. The van der Waals surface area contributed by atoms with Crippen LogP contribution in [0, 0.1) is 12.2 Å². The normalized spacial score (nSPS) is 10.9. The van der Waals surface area contributed by atoms with Crippen molar-refractivity contribution in [2.24, 2.45) is 0 Å². The second-order valence-electron chi connectivity index (χ2n) is 7.71. The third-order valence-corrected chi connectivity index (χ3v) is 9.95. The minimum atomic E-state index is -0.583. The van der Waals surface area contributed by atoms with Gasteiger partial charge in [-0.25, -0.2) is 11.5 Å². The Bertz CT molecular complexity index is 1430. The maximum atomic E-state index is 3.13. The molecule has 0 heterocycles. The third kappa shape index (κ3) is 9.27. The van der Waals surface area contributed by atoms with E-state index in [1.165, 1.54) is 21.2 Å². The maximum absolute atomic E-state index is 3.13. The van der Waals surface area contributed by atoms with Crippen molar-refractivity contribution < 1.29 is 58.4 Å². The van der Waals surface area contributed by atoms with Gasteiger partial charge in [-0.05, 0) is 37.1 Å². The van der Waals surface area contributed by atoms with E-state index in [0.29, 0.717) is 0 Å². The molecule has 40 heavy (non-hydrogen) atoms. The topological polar surface area (TPSA) is 0 Å². The van der Waals surface area contributed by atoms with Crippen LogP contribution in [0.2, 0.25) is 0 Å². The van der Waals surface area contributed by atoms with Crippen molar-refractivity contribution >= 4 is 37.1 Å². The molecule has 0 saturated heterocycles. The Hall–Kier alpha value is -2.51. The van der Waals surface area contributed by atoms with E-state index in [1.54, 1.807) is 0 Å². The Kier molecular flexibility index (Phi) is 16.7. The molecule has 2 aliphatic carbocycles. The second-order valence-corrected chi connectivity index (χ2v) is 12.0. The minimum absolute atomic E-state index is 0. The Labute approximate surface area is 272 Å². The van der Waals surface area contributed by atoms with Gasteiger partial charge in [0.15, 0.2) is 0 Å². The van der Waals surface area contributed by atoms with Crippen LogP contribution in [0.3, 0.4) is 0 Å². The molecule has 2 aliphatic rings. The first kappa shape index (κ1) is 35.5. The zero-order chi connectivity index (χ0) is 24.4. The molecule has 0 nitrogen and oxygen atoms in total. The van der Waals surface area contributed by atoms with Crippen LogP contribution < -0.4 is 46.0 Å². The molecule has 0 spiro atoms. The van der Waals surface area contributed by atoms with Gasteiger partial charge in [0.2, 0.25) is 0 Å². The Morgan fingerprint density at radius 2 is 0.675 bits per heavy atom. The second kappa shape index (κ2) is 18.8. The summed E-state index contributed by atoms with van der Waals surface area (Å²) in [6.07, 6.45) is 6.25. The Morgan fingerprint density at radius 1 is 0.425 bits per heavy atom. The van der Waals surface area contributed by atoms with Gasteiger partial charge < -0.3 is 24.8 Å². The van der Waals surface area contributed by atoms with E-state index < -0.39 is 15.8 Å². The molecule has 0 fully saturated rings. The van der Waals surface area contributed by atoms with Gasteiger partial charge in [-0.15, -0.1) is 12.2 Å². The molecular formula is C34H20Cl2FeNiP2. The van der Waals surface area contributed by atoms with Crippen LogP contribution in [0.4, 0.5) is 0 Å². The Balaban J connectivity index is 0.000000364. The van der Waals surface area contributed by atoms with Crippen LogP contribution in [-0.4, -0.2) is 0 Å². The summed E-state index contributed by atoms with van der Waals surface area (Å²) >= 11 is 0. The van der Waals surface area contributed by atoms with Gasteiger partial charge in [-0.2, -0.15) is 0 Å². The first-order chi connectivity index (χ1) is 17.9. The van der Waals surface area contributed by atoms with Crippen LogP contribution in [0.1, 0.15) is 0 Å². The molecule has 4 aromatic carbocycles. The fraction of sp³-hybridized carbons (Fsp3) is 0. The van der Waals surface area contributed by atoms with Gasteiger partial charge in [0.1, 0.15) is 0 Å². The minimum Gasteiger partial charge on any atom is -1.00 e. The summed E-state index contributed by atoms with van der Waals surface area (Å²) in [6.45, 7) is 0. The number of halogens is 2. The number of allylic oxidation sites excluding steroid dienone is 4. The SMILES string of the molecule is C1=C=[C-]C(P(c2ccccc2)c2ccccc2)=C=1.C1=C=[C-]C(P(c2ccccc2)c2ccccc2)=C=1.[Cl-].[Cl-].[Fe+2].[Ni+2]. The zero-order valence-electron chi connectivity index (χ0n) is 20.9. The molecule has 0 saturated carbocycles. The average Bonchev–Trinajstić information content (AvgIpc) is 3.68. The molecule has 0 radical (unpaired) electrons. The van der Waals surface area contributed by atoms with Crippen molar-refractivity contribution in [1.29, 1.82) is 0 Å². The molecule has 0 N–H and O–H groups in total. The van der Waals surface area contributed by atoms with Crippen molar-refractivity contribution in [3.05, 3.63) is 178 Å². The van der Waals surface area contributed by atoms with Crippen LogP contribution in [0.25, 0.3) is 0 Å². The molecule has 6 heteroatoms. The largest absolute Gasteiger partial charge is 2.00 e. The fourth-order valence-corrected chi connectivity index (χ4v) is 7.95. The number of hydrogen-bond acceptors (Lipinski definition) is 0. The van der Waals surface area contributed by atoms with Crippen LogP contribution in [0.15, 0.2) is 166 Å². The van der Waals surface area contributed by atoms with E-state index in [2.05, 4.69) is 144 Å². The summed E-state index contributed by atoms with van der Waals surface area (Å²) < 4.78 is 0. The van der Waals surface area contributed by atoms with Gasteiger partial charge in [-0.3, -0.25) is 22.9 Å². The summed E-state index contributed by atoms with van der Waals surface area (Å²) in [6, 6.07) is 42.0. The van der Waals surface area contributed by atoms with Crippen molar-refractivity contribution in [2.75, 3.05) is 0 Å². The average molecular weight is 676 g/mol. The predicted molar refractivity (Wildman–Crippen MR) is 153 cm³/mol. The summed E-state index contributed by atoms with van der Waals surface area (Å²) in [4.78, 5) is 0. The molecule has 0 aliphatic heterocycles. The van der Waals surface area contributed by atoms with Gasteiger partial charge in [0.05, 0.1) is 0 Å². The van der Waals surface area contributed by atoms with Crippen molar-refractivity contribution in [1.82, 2.24) is 0 Å². The number of rotatable bonds is 6. The quantitative estimate of drug-likeness (QED) is 0.122. The van der Waals surface area contributed by atoms with Crippen molar-refractivity contribution in [2.45, 2.75) is 0 Å². The monoisotopic (exact) mass is 674 g/mol. The fourth-order valence-electron chi connectivity index (χ4n) is 3.77. The Morgan fingerprint density at radius 3 is 0.875 bits per heavy atom. The van der Waals surface area contributed by atoms with Crippen LogP contribution >= 0.6 is 15.8 Å². The molecule has 0 atom stereocenters. The third-order valence-electron chi connectivity index (χ3n) is 5.35. The van der Waals surface area contributed by atoms with Gasteiger partial charge in [0.25, 0.3) is 0 Å². The summed E-state index contributed by atoms with van der Waals surface area (Å²) in [5.74, 6) is 0. The zero-order valence-corrected chi connectivity index (χ0v) is 26.3. The molecule has 0 aromatic heterocycles. The molecule has 0 bridgehead atoms. The predicted octanol–water partition coefficient (Wildman–Crippen LogP) is 0.574. The number of hydrogen-bond donors (Lipinski definition) is 0. The van der Waals surface area contributed by atoms with Gasteiger partial charge >= 0.3 is 33.6 Å². The maximum Gasteiger partial charge on any atom is 2.00 e. The van der Waals surface area contributed by atoms with Gasteiger partial charge in [-0.1, -0.05) is 132 Å². The molecule has 198 valence electrons. The molecule has 6 rings (SSSR count). The van der Waals surface area contributed by atoms with E-state index in [1.807, 2.05) is 24.3 Å². The number of benzene rings is 4. The van der Waals surface area contributed by atoms with Crippen molar-refractivity contribution in [3.8, 4) is 0 Å². The molecule has 4 aromatic rings. The molecular weight excluding hydrogens is 656 g/mol. The van der Waals surface area contributed by atoms with Crippen LogP contribution in [0.5, 0.6) is 0 Å².